The van der Waals surface area contributed by atoms with Crippen molar-refractivity contribution in [1.29, 1.82) is 0 Å². The standard InChI is InChI=1S/C17H16ClN3O2S/c1-12-5-7-14(8-6-12)20-24(22,23)16-4-3-9-21(16)17-15(18)10-13(2)11-19-17/h3-11,20H,1-2H3. The molecule has 0 fully saturated rings. The van der Waals surface area contributed by atoms with E-state index < -0.39 is 10.0 Å². The first-order valence-corrected chi connectivity index (χ1v) is 9.12. The Balaban J connectivity index is 2.01. The van der Waals surface area contributed by atoms with Crippen LogP contribution >= 0.6 is 11.6 Å². The second-order valence-electron chi connectivity index (χ2n) is 5.51. The maximum Gasteiger partial charge on any atom is 0.277 e. The molecule has 5 nitrogen and oxygen atoms in total. The summed E-state index contributed by atoms with van der Waals surface area (Å²) in [4.78, 5) is 4.25. The molecule has 24 heavy (non-hydrogen) atoms. The lowest BCUT2D eigenvalue weighted by Gasteiger charge is -2.12. The highest BCUT2D eigenvalue weighted by Crippen LogP contribution is 2.24. The third-order valence-corrected chi connectivity index (χ3v) is 5.14. The van der Waals surface area contributed by atoms with Gasteiger partial charge in [-0.3, -0.25) is 9.29 Å². The maximum absolute atomic E-state index is 12.7. The van der Waals surface area contributed by atoms with E-state index in [1.54, 1.807) is 36.7 Å². The summed E-state index contributed by atoms with van der Waals surface area (Å²) in [6, 6.07) is 12.0. The van der Waals surface area contributed by atoms with Gasteiger partial charge < -0.3 is 0 Å². The number of rotatable bonds is 4. The van der Waals surface area contributed by atoms with Crippen LogP contribution in [0.1, 0.15) is 11.1 Å². The minimum atomic E-state index is -3.77. The number of benzene rings is 1. The average Bonchev–Trinajstić information content (AvgIpc) is 2.99. The van der Waals surface area contributed by atoms with Crippen LogP contribution in [-0.4, -0.2) is 18.0 Å². The van der Waals surface area contributed by atoms with Crippen LogP contribution in [0.5, 0.6) is 0 Å². The molecule has 1 aromatic carbocycles. The predicted molar refractivity (Wildman–Crippen MR) is 95.3 cm³/mol. The van der Waals surface area contributed by atoms with Gasteiger partial charge in [0.25, 0.3) is 10.0 Å². The van der Waals surface area contributed by atoms with Gasteiger partial charge in [-0.15, -0.1) is 0 Å². The van der Waals surface area contributed by atoms with Gasteiger partial charge in [0, 0.05) is 18.1 Å². The summed E-state index contributed by atoms with van der Waals surface area (Å²) >= 11 is 6.22. The highest BCUT2D eigenvalue weighted by atomic mass is 35.5. The fraction of sp³-hybridized carbons (Fsp3) is 0.118. The molecule has 3 aromatic rings. The second kappa shape index (κ2) is 6.30. The van der Waals surface area contributed by atoms with E-state index in [2.05, 4.69) is 9.71 Å². The Morgan fingerprint density at radius 1 is 1.08 bits per heavy atom. The molecular formula is C17H16ClN3O2S. The number of aromatic nitrogens is 2. The first kappa shape index (κ1) is 16.5. The zero-order valence-electron chi connectivity index (χ0n) is 13.2. The number of sulfonamides is 1. The van der Waals surface area contributed by atoms with Gasteiger partial charge in [-0.1, -0.05) is 29.3 Å². The molecule has 0 radical (unpaired) electrons. The van der Waals surface area contributed by atoms with Gasteiger partial charge >= 0.3 is 0 Å². The van der Waals surface area contributed by atoms with Crippen molar-refractivity contribution in [3.05, 3.63) is 71.0 Å². The van der Waals surface area contributed by atoms with Gasteiger partial charge in [0.2, 0.25) is 0 Å². The van der Waals surface area contributed by atoms with Crippen LogP contribution in [0.25, 0.3) is 5.82 Å². The summed E-state index contributed by atoms with van der Waals surface area (Å²) < 4.78 is 29.5. The topological polar surface area (TPSA) is 64.0 Å². The molecule has 124 valence electrons. The van der Waals surface area contributed by atoms with Gasteiger partial charge in [0.1, 0.15) is 0 Å². The number of nitrogens with one attached hydrogen (secondary N) is 1. The first-order chi connectivity index (χ1) is 11.4. The predicted octanol–water partition coefficient (Wildman–Crippen LogP) is 3.94. The first-order valence-electron chi connectivity index (χ1n) is 7.26. The fourth-order valence-electron chi connectivity index (χ4n) is 2.29. The lowest BCUT2D eigenvalue weighted by atomic mass is 10.2. The van der Waals surface area contributed by atoms with E-state index in [9.17, 15) is 8.42 Å². The van der Waals surface area contributed by atoms with Crippen LogP contribution in [0, 0.1) is 13.8 Å². The van der Waals surface area contributed by atoms with E-state index in [1.165, 1.54) is 10.6 Å². The highest BCUT2D eigenvalue weighted by Gasteiger charge is 2.21. The van der Waals surface area contributed by atoms with Gasteiger partial charge in [0.15, 0.2) is 10.8 Å². The summed E-state index contributed by atoms with van der Waals surface area (Å²) in [6.45, 7) is 3.81. The van der Waals surface area contributed by atoms with Crippen molar-refractivity contribution in [3.63, 3.8) is 0 Å². The molecule has 2 heterocycles. The third kappa shape index (κ3) is 3.29. The molecule has 0 bridgehead atoms. The number of halogens is 1. The Bertz CT molecular complexity index is 979. The zero-order valence-corrected chi connectivity index (χ0v) is 14.8. The van der Waals surface area contributed by atoms with E-state index in [0.717, 1.165) is 11.1 Å². The van der Waals surface area contributed by atoms with Crippen LogP contribution in [-0.2, 0) is 10.0 Å². The Kier molecular flexibility index (Phi) is 4.34. The minimum Gasteiger partial charge on any atom is -0.289 e. The molecule has 7 heteroatoms. The van der Waals surface area contributed by atoms with E-state index in [-0.39, 0.29) is 5.03 Å². The minimum absolute atomic E-state index is 0.0707. The summed E-state index contributed by atoms with van der Waals surface area (Å²) in [6.07, 6.45) is 3.26. The summed E-state index contributed by atoms with van der Waals surface area (Å²) in [5.41, 5.74) is 2.45. The molecule has 0 spiro atoms. The van der Waals surface area contributed by atoms with E-state index in [0.29, 0.717) is 16.5 Å². The van der Waals surface area contributed by atoms with Crippen LogP contribution < -0.4 is 4.72 Å². The number of nitrogens with zero attached hydrogens (tertiary/aromatic N) is 2. The molecule has 0 aliphatic rings. The lowest BCUT2D eigenvalue weighted by molar-refractivity contribution is 0.594. The van der Waals surface area contributed by atoms with Crippen molar-refractivity contribution < 1.29 is 8.42 Å². The Morgan fingerprint density at radius 3 is 2.46 bits per heavy atom. The monoisotopic (exact) mass is 361 g/mol. The Morgan fingerprint density at radius 2 is 1.79 bits per heavy atom. The SMILES string of the molecule is Cc1ccc(NS(=O)(=O)c2cccn2-c2ncc(C)cc2Cl)cc1. The molecule has 0 aliphatic heterocycles. The van der Waals surface area contributed by atoms with Crippen LogP contribution in [0.15, 0.2) is 59.9 Å². The summed E-state index contributed by atoms with van der Waals surface area (Å²) in [5.74, 6) is 0.372. The van der Waals surface area contributed by atoms with Crippen LogP contribution in [0.3, 0.4) is 0 Å². The van der Waals surface area contributed by atoms with Crippen molar-refractivity contribution in [2.75, 3.05) is 4.72 Å². The second-order valence-corrected chi connectivity index (χ2v) is 7.54. The van der Waals surface area contributed by atoms with Crippen molar-refractivity contribution in [3.8, 4) is 5.82 Å². The average molecular weight is 362 g/mol. The van der Waals surface area contributed by atoms with Gasteiger partial charge in [-0.05, 0) is 49.7 Å². The van der Waals surface area contributed by atoms with Crippen LogP contribution in [0.4, 0.5) is 5.69 Å². The number of aryl methyl sites for hydroxylation is 2. The quantitative estimate of drug-likeness (QED) is 0.765. The van der Waals surface area contributed by atoms with Gasteiger partial charge in [-0.25, -0.2) is 4.98 Å². The molecular weight excluding hydrogens is 346 g/mol. The zero-order chi connectivity index (χ0) is 17.3. The molecule has 1 N–H and O–H groups in total. The van der Waals surface area contributed by atoms with E-state index in [4.69, 9.17) is 11.6 Å². The largest absolute Gasteiger partial charge is 0.289 e. The lowest BCUT2D eigenvalue weighted by Crippen LogP contribution is -2.17. The molecule has 0 saturated heterocycles. The molecule has 2 aromatic heterocycles. The molecule has 0 atom stereocenters. The van der Waals surface area contributed by atoms with Gasteiger partial charge in [0.05, 0.1) is 5.02 Å². The number of pyridine rings is 1. The van der Waals surface area contributed by atoms with Crippen LogP contribution in [0.2, 0.25) is 5.02 Å². The number of hydrogen-bond acceptors (Lipinski definition) is 3. The van der Waals surface area contributed by atoms with E-state index in [1.807, 2.05) is 26.0 Å². The third-order valence-electron chi connectivity index (χ3n) is 3.48. The van der Waals surface area contributed by atoms with E-state index >= 15 is 0 Å². The fourth-order valence-corrected chi connectivity index (χ4v) is 3.82. The molecule has 0 amide bonds. The number of hydrogen-bond donors (Lipinski definition) is 1. The summed E-state index contributed by atoms with van der Waals surface area (Å²) in [7, 11) is -3.77. The Labute approximate surface area is 146 Å². The summed E-state index contributed by atoms with van der Waals surface area (Å²) in [5, 5.41) is 0.458. The highest BCUT2D eigenvalue weighted by molar-refractivity contribution is 7.92. The van der Waals surface area contributed by atoms with Gasteiger partial charge in [-0.2, -0.15) is 8.42 Å². The molecule has 3 rings (SSSR count). The smallest absolute Gasteiger partial charge is 0.277 e. The normalized spacial score (nSPS) is 11.5. The molecule has 0 saturated carbocycles. The molecule has 0 unspecified atom stereocenters. The van der Waals surface area contributed by atoms with Crippen molar-refractivity contribution >= 4 is 27.3 Å². The van der Waals surface area contributed by atoms with Crippen molar-refractivity contribution in [1.82, 2.24) is 9.55 Å². The van der Waals surface area contributed by atoms with Crippen molar-refractivity contribution in [2.45, 2.75) is 18.9 Å². The molecule has 0 aliphatic carbocycles. The number of anilines is 1. The van der Waals surface area contributed by atoms with Crippen molar-refractivity contribution in [2.24, 2.45) is 0 Å². The maximum atomic E-state index is 12.7. The Hall–Kier alpha value is -2.31.